The summed E-state index contributed by atoms with van der Waals surface area (Å²) in [6, 6.07) is 5.87. The van der Waals surface area contributed by atoms with Gasteiger partial charge in [0.1, 0.15) is 0 Å². The molecule has 1 aliphatic heterocycles. The van der Waals surface area contributed by atoms with Crippen molar-refractivity contribution >= 4 is 15.7 Å². The van der Waals surface area contributed by atoms with Gasteiger partial charge in [0.2, 0.25) is 0 Å². The average Bonchev–Trinajstić information content (AvgIpc) is 2.47. The second kappa shape index (κ2) is 6.13. The summed E-state index contributed by atoms with van der Waals surface area (Å²) in [5, 5.41) is 12.4. The van der Waals surface area contributed by atoms with Crippen LogP contribution in [0.3, 0.4) is 0 Å². The van der Waals surface area contributed by atoms with Gasteiger partial charge >= 0.3 is 0 Å². The number of carbonyl (C=O) groups excluding carboxylic acids is 1. The van der Waals surface area contributed by atoms with E-state index in [1.54, 1.807) is 6.07 Å². The Balaban J connectivity index is 2.20. The zero-order valence-electron chi connectivity index (χ0n) is 11.8. The molecule has 6 nitrogen and oxygen atoms in total. The van der Waals surface area contributed by atoms with Crippen molar-refractivity contribution < 1.29 is 23.1 Å². The number of nitrogens with one attached hydrogen (secondary N) is 1. The molecule has 0 aromatic heterocycles. The lowest BCUT2D eigenvalue weighted by molar-refractivity contribution is 0.0125. The molecule has 1 fully saturated rings. The topological polar surface area (TPSA) is 92.7 Å². The van der Waals surface area contributed by atoms with Gasteiger partial charge in [-0.3, -0.25) is 4.79 Å². The molecule has 2 N–H and O–H groups in total. The Labute approximate surface area is 124 Å². The lowest BCUT2D eigenvalue weighted by Gasteiger charge is -2.36. The molecule has 0 atom stereocenters. The second-order valence-electron chi connectivity index (χ2n) is 5.30. The largest absolute Gasteiger partial charge is 0.394 e. The number of hydrogen-bond acceptors (Lipinski definition) is 5. The Bertz CT molecular complexity index is 620. The Hall–Kier alpha value is -1.44. The molecular formula is C14H19NO5S. The molecule has 0 aliphatic carbocycles. The molecular weight excluding hydrogens is 294 g/mol. The third kappa shape index (κ3) is 3.81. The summed E-state index contributed by atoms with van der Waals surface area (Å²) in [6.45, 7) is 0.780. The van der Waals surface area contributed by atoms with E-state index in [0.29, 0.717) is 26.1 Å². The Morgan fingerprint density at radius 3 is 2.62 bits per heavy atom. The monoisotopic (exact) mass is 313 g/mol. The number of aliphatic hydroxyl groups excluding tert-OH is 1. The van der Waals surface area contributed by atoms with E-state index in [9.17, 15) is 18.3 Å². The molecule has 116 valence electrons. The first-order valence-electron chi connectivity index (χ1n) is 6.68. The van der Waals surface area contributed by atoms with Gasteiger partial charge in [-0.1, -0.05) is 6.07 Å². The highest BCUT2D eigenvalue weighted by atomic mass is 32.2. The van der Waals surface area contributed by atoms with Gasteiger partial charge in [0.05, 0.1) is 17.0 Å². The highest BCUT2D eigenvalue weighted by molar-refractivity contribution is 7.90. The molecule has 1 heterocycles. The Morgan fingerprint density at radius 1 is 1.38 bits per heavy atom. The van der Waals surface area contributed by atoms with Crippen LogP contribution in [0.1, 0.15) is 23.2 Å². The molecule has 1 amide bonds. The van der Waals surface area contributed by atoms with E-state index in [1.165, 1.54) is 18.2 Å². The van der Waals surface area contributed by atoms with Crippen LogP contribution in [0.2, 0.25) is 0 Å². The van der Waals surface area contributed by atoms with Crippen LogP contribution in [0.15, 0.2) is 29.2 Å². The van der Waals surface area contributed by atoms with E-state index >= 15 is 0 Å². The van der Waals surface area contributed by atoms with Crippen molar-refractivity contribution in [2.24, 2.45) is 0 Å². The van der Waals surface area contributed by atoms with Crippen molar-refractivity contribution in [1.29, 1.82) is 0 Å². The quantitative estimate of drug-likeness (QED) is 0.837. The van der Waals surface area contributed by atoms with Gasteiger partial charge in [-0.15, -0.1) is 0 Å². The van der Waals surface area contributed by atoms with E-state index < -0.39 is 21.3 Å². The summed E-state index contributed by atoms with van der Waals surface area (Å²) in [6.07, 6.45) is 2.15. The van der Waals surface area contributed by atoms with Crippen LogP contribution in [0, 0.1) is 0 Å². The van der Waals surface area contributed by atoms with Crippen molar-refractivity contribution in [3.8, 4) is 0 Å². The molecule has 0 unspecified atom stereocenters. The average molecular weight is 313 g/mol. The number of aliphatic hydroxyl groups is 1. The molecule has 1 aromatic rings. The zero-order valence-corrected chi connectivity index (χ0v) is 12.6. The van der Waals surface area contributed by atoms with Gasteiger partial charge in [-0.25, -0.2) is 8.42 Å². The van der Waals surface area contributed by atoms with Crippen LogP contribution in [-0.2, 0) is 14.6 Å². The van der Waals surface area contributed by atoms with Crippen LogP contribution in [-0.4, -0.2) is 51.0 Å². The van der Waals surface area contributed by atoms with Gasteiger partial charge in [0, 0.05) is 25.0 Å². The van der Waals surface area contributed by atoms with Crippen LogP contribution < -0.4 is 5.32 Å². The summed E-state index contributed by atoms with van der Waals surface area (Å²) in [7, 11) is -3.36. The summed E-state index contributed by atoms with van der Waals surface area (Å²) < 4.78 is 28.3. The first-order valence-corrected chi connectivity index (χ1v) is 8.57. The van der Waals surface area contributed by atoms with E-state index in [4.69, 9.17) is 4.74 Å². The molecule has 1 saturated heterocycles. The van der Waals surface area contributed by atoms with Crippen LogP contribution in [0.5, 0.6) is 0 Å². The van der Waals surface area contributed by atoms with Gasteiger partial charge < -0.3 is 15.2 Å². The molecule has 0 bridgehead atoms. The Morgan fingerprint density at radius 2 is 2.05 bits per heavy atom. The van der Waals surface area contributed by atoms with E-state index in [1.807, 2.05) is 0 Å². The highest BCUT2D eigenvalue weighted by Crippen LogP contribution is 2.21. The van der Waals surface area contributed by atoms with E-state index in [2.05, 4.69) is 5.32 Å². The molecule has 0 spiro atoms. The number of sulfone groups is 1. The number of carbonyl (C=O) groups is 1. The second-order valence-corrected chi connectivity index (χ2v) is 7.32. The Kier molecular flexibility index (Phi) is 4.65. The van der Waals surface area contributed by atoms with Gasteiger partial charge in [-0.2, -0.15) is 0 Å². The molecule has 2 rings (SSSR count). The summed E-state index contributed by atoms with van der Waals surface area (Å²) in [4.78, 5) is 12.4. The van der Waals surface area contributed by atoms with Crippen LogP contribution in [0.4, 0.5) is 0 Å². The molecule has 1 aromatic carbocycles. The molecule has 0 saturated carbocycles. The van der Waals surface area contributed by atoms with Crippen LogP contribution >= 0.6 is 0 Å². The SMILES string of the molecule is CS(=O)(=O)c1cccc(C(=O)NC2(CO)CCOCC2)c1. The van der Waals surface area contributed by atoms with Crippen molar-refractivity contribution in [3.63, 3.8) is 0 Å². The first-order chi connectivity index (χ1) is 9.86. The number of hydrogen-bond donors (Lipinski definition) is 2. The number of ether oxygens (including phenoxy) is 1. The summed E-state index contributed by atoms with van der Waals surface area (Å²) in [5.41, 5.74) is -0.437. The normalized spacial score (nSPS) is 18.2. The smallest absolute Gasteiger partial charge is 0.251 e. The fourth-order valence-corrected chi connectivity index (χ4v) is 2.93. The molecule has 7 heteroatoms. The first kappa shape index (κ1) is 15.9. The highest BCUT2D eigenvalue weighted by Gasteiger charge is 2.33. The fraction of sp³-hybridized carbons (Fsp3) is 0.500. The van der Waals surface area contributed by atoms with Gasteiger partial charge in [-0.05, 0) is 31.0 Å². The molecule has 1 aliphatic rings. The van der Waals surface area contributed by atoms with Gasteiger partial charge in [0.25, 0.3) is 5.91 Å². The lowest BCUT2D eigenvalue weighted by atomic mass is 9.90. The fourth-order valence-electron chi connectivity index (χ4n) is 2.27. The number of rotatable bonds is 4. The minimum Gasteiger partial charge on any atom is -0.394 e. The van der Waals surface area contributed by atoms with Crippen molar-refractivity contribution in [3.05, 3.63) is 29.8 Å². The summed E-state index contributed by atoms with van der Waals surface area (Å²) in [5.74, 6) is -0.392. The molecule has 21 heavy (non-hydrogen) atoms. The van der Waals surface area contributed by atoms with Crippen molar-refractivity contribution in [1.82, 2.24) is 5.32 Å². The maximum atomic E-state index is 12.3. The predicted octanol–water partition coefficient (Wildman–Crippen LogP) is 0.361. The third-order valence-electron chi connectivity index (χ3n) is 3.66. The molecule has 0 radical (unpaired) electrons. The standard InChI is InChI=1S/C14H19NO5S/c1-21(18,19)12-4-2-3-11(9-12)13(17)15-14(10-16)5-7-20-8-6-14/h2-4,9,16H,5-8,10H2,1H3,(H,15,17). The maximum absolute atomic E-state index is 12.3. The minimum atomic E-state index is -3.36. The van der Waals surface area contributed by atoms with E-state index in [-0.39, 0.29) is 17.1 Å². The van der Waals surface area contributed by atoms with Crippen molar-refractivity contribution in [2.75, 3.05) is 26.1 Å². The van der Waals surface area contributed by atoms with Crippen LogP contribution in [0.25, 0.3) is 0 Å². The van der Waals surface area contributed by atoms with Gasteiger partial charge in [0.15, 0.2) is 9.84 Å². The van der Waals surface area contributed by atoms with Crippen molar-refractivity contribution in [2.45, 2.75) is 23.3 Å². The van der Waals surface area contributed by atoms with E-state index in [0.717, 1.165) is 6.26 Å². The number of amides is 1. The maximum Gasteiger partial charge on any atom is 0.251 e. The summed E-state index contributed by atoms with van der Waals surface area (Å²) >= 11 is 0. The predicted molar refractivity (Wildman–Crippen MR) is 76.9 cm³/mol. The minimum absolute atomic E-state index is 0.0974. The third-order valence-corrected chi connectivity index (χ3v) is 4.77. The lowest BCUT2D eigenvalue weighted by Crippen LogP contribution is -2.54. The zero-order chi connectivity index (χ0) is 15.5. The number of benzene rings is 1.